The van der Waals surface area contributed by atoms with Crippen molar-refractivity contribution < 1.29 is 14.1 Å². The van der Waals surface area contributed by atoms with Crippen molar-refractivity contribution in [1.29, 1.82) is 0 Å². The number of rotatable bonds is 6. The van der Waals surface area contributed by atoms with Gasteiger partial charge in [-0.3, -0.25) is 4.21 Å². The highest BCUT2D eigenvalue weighted by molar-refractivity contribution is 7.84. The lowest BCUT2D eigenvalue weighted by atomic mass is 10.1. The zero-order chi connectivity index (χ0) is 13.7. The second-order valence-electron chi connectivity index (χ2n) is 4.13. The van der Waals surface area contributed by atoms with Gasteiger partial charge >= 0.3 is 5.97 Å². The van der Waals surface area contributed by atoms with E-state index in [0.29, 0.717) is 17.9 Å². The van der Waals surface area contributed by atoms with Crippen LogP contribution in [0.4, 0.5) is 11.4 Å². The monoisotopic (exact) mass is 270 g/mol. The van der Waals surface area contributed by atoms with E-state index in [1.54, 1.807) is 12.3 Å². The molecule has 1 rings (SSSR count). The number of nitrogens with two attached hydrogens (primary N) is 1. The molecule has 2 unspecified atom stereocenters. The predicted octanol–water partition coefficient (Wildman–Crippen LogP) is 1.54. The number of aromatic carboxylic acids is 1. The Bertz CT molecular complexity index is 463. The first-order valence-corrected chi connectivity index (χ1v) is 7.23. The van der Waals surface area contributed by atoms with E-state index in [9.17, 15) is 9.00 Å². The third-order valence-electron chi connectivity index (χ3n) is 2.73. The van der Waals surface area contributed by atoms with Crippen LogP contribution in [0.1, 0.15) is 23.7 Å². The predicted molar refractivity (Wildman–Crippen MR) is 74.4 cm³/mol. The number of hydrogen-bond acceptors (Lipinski definition) is 4. The van der Waals surface area contributed by atoms with Gasteiger partial charge in [-0.25, -0.2) is 4.79 Å². The van der Waals surface area contributed by atoms with Gasteiger partial charge in [0, 0.05) is 28.9 Å². The number of nitrogens with one attached hydrogen (secondary N) is 1. The van der Waals surface area contributed by atoms with Crippen molar-refractivity contribution in [2.75, 3.05) is 23.9 Å². The SMILES string of the molecule is CC(CCNc1cc(C(=O)O)ccc1N)S(C)=O. The van der Waals surface area contributed by atoms with Crippen molar-refractivity contribution in [3.05, 3.63) is 23.8 Å². The van der Waals surface area contributed by atoms with Crippen LogP contribution in [0.25, 0.3) is 0 Å². The lowest BCUT2D eigenvalue weighted by Crippen LogP contribution is -2.15. The molecule has 0 amide bonds. The van der Waals surface area contributed by atoms with Gasteiger partial charge in [-0.15, -0.1) is 0 Å². The Labute approximate surface area is 109 Å². The Hall–Kier alpha value is -1.56. The molecule has 0 aromatic heterocycles. The molecule has 18 heavy (non-hydrogen) atoms. The van der Waals surface area contributed by atoms with Gasteiger partial charge in [-0.2, -0.15) is 0 Å². The first-order valence-electron chi connectivity index (χ1n) is 5.60. The van der Waals surface area contributed by atoms with Crippen LogP contribution in [-0.4, -0.2) is 33.3 Å². The first kappa shape index (κ1) is 14.5. The van der Waals surface area contributed by atoms with E-state index < -0.39 is 16.8 Å². The molecule has 1 aromatic rings. The smallest absolute Gasteiger partial charge is 0.335 e. The van der Waals surface area contributed by atoms with Crippen LogP contribution < -0.4 is 11.1 Å². The molecule has 0 aliphatic carbocycles. The van der Waals surface area contributed by atoms with E-state index in [2.05, 4.69) is 5.32 Å². The average molecular weight is 270 g/mol. The molecule has 0 aliphatic rings. The third-order valence-corrected chi connectivity index (χ3v) is 4.10. The summed E-state index contributed by atoms with van der Waals surface area (Å²) in [7, 11) is -0.851. The molecule has 1 aromatic carbocycles. The number of hydrogen-bond donors (Lipinski definition) is 3. The molecule has 5 nitrogen and oxygen atoms in total. The number of anilines is 2. The minimum atomic E-state index is -0.985. The van der Waals surface area contributed by atoms with Crippen LogP contribution in [-0.2, 0) is 10.8 Å². The van der Waals surface area contributed by atoms with Crippen molar-refractivity contribution >= 4 is 28.1 Å². The highest BCUT2D eigenvalue weighted by atomic mass is 32.2. The van der Waals surface area contributed by atoms with Gasteiger partial charge in [0.1, 0.15) is 0 Å². The van der Waals surface area contributed by atoms with Crippen LogP contribution in [0.15, 0.2) is 18.2 Å². The summed E-state index contributed by atoms with van der Waals surface area (Å²) in [6, 6.07) is 4.53. The van der Waals surface area contributed by atoms with E-state index in [1.807, 2.05) is 6.92 Å². The summed E-state index contributed by atoms with van der Waals surface area (Å²) in [4.78, 5) is 10.8. The van der Waals surface area contributed by atoms with Crippen LogP contribution in [0.2, 0.25) is 0 Å². The number of carbonyl (C=O) groups is 1. The first-order chi connectivity index (χ1) is 8.41. The van der Waals surface area contributed by atoms with Crippen LogP contribution >= 0.6 is 0 Å². The van der Waals surface area contributed by atoms with E-state index in [-0.39, 0.29) is 10.8 Å². The fraction of sp³-hybridized carbons (Fsp3) is 0.417. The molecule has 0 bridgehead atoms. The maximum atomic E-state index is 11.2. The zero-order valence-electron chi connectivity index (χ0n) is 10.5. The van der Waals surface area contributed by atoms with Crippen LogP contribution in [0.3, 0.4) is 0 Å². The van der Waals surface area contributed by atoms with Gasteiger partial charge in [0.25, 0.3) is 0 Å². The molecule has 0 fully saturated rings. The minimum Gasteiger partial charge on any atom is -0.478 e. The molecule has 0 saturated heterocycles. The molecule has 0 heterocycles. The molecule has 0 aliphatic heterocycles. The summed E-state index contributed by atoms with van der Waals surface area (Å²) in [5.41, 5.74) is 7.05. The van der Waals surface area contributed by atoms with Crippen molar-refractivity contribution in [2.45, 2.75) is 18.6 Å². The third kappa shape index (κ3) is 4.03. The normalized spacial score (nSPS) is 13.9. The minimum absolute atomic E-state index is 0.0985. The molecule has 2 atom stereocenters. The van der Waals surface area contributed by atoms with Gasteiger partial charge in [0.15, 0.2) is 0 Å². The van der Waals surface area contributed by atoms with Crippen LogP contribution in [0.5, 0.6) is 0 Å². The van der Waals surface area contributed by atoms with Gasteiger partial charge in [-0.05, 0) is 24.6 Å². The maximum absolute atomic E-state index is 11.2. The second-order valence-corrected chi connectivity index (χ2v) is 5.93. The Balaban J connectivity index is 2.64. The number of nitrogen functional groups attached to an aromatic ring is 1. The lowest BCUT2D eigenvalue weighted by Gasteiger charge is -2.12. The lowest BCUT2D eigenvalue weighted by molar-refractivity contribution is 0.0697. The topological polar surface area (TPSA) is 92.4 Å². The Morgan fingerprint density at radius 1 is 1.56 bits per heavy atom. The standard InChI is InChI=1S/C12H18N2O3S/c1-8(18(2)17)5-6-14-11-7-9(12(15)16)3-4-10(11)13/h3-4,7-8,14H,5-6,13H2,1-2H3,(H,15,16). The summed E-state index contributed by atoms with van der Waals surface area (Å²) in [6.45, 7) is 2.52. The Kier molecular flexibility index (Phi) is 5.15. The van der Waals surface area contributed by atoms with Crippen molar-refractivity contribution in [3.63, 3.8) is 0 Å². The molecule has 0 saturated carbocycles. The van der Waals surface area contributed by atoms with E-state index in [1.165, 1.54) is 12.1 Å². The Morgan fingerprint density at radius 3 is 2.78 bits per heavy atom. The van der Waals surface area contributed by atoms with Gasteiger partial charge in [-0.1, -0.05) is 6.92 Å². The number of carboxylic acids is 1. The highest BCUT2D eigenvalue weighted by Crippen LogP contribution is 2.20. The van der Waals surface area contributed by atoms with Crippen molar-refractivity contribution in [2.24, 2.45) is 0 Å². The zero-order valence-corrected chi connectivity index (χ0v) is 11.3. The van der Waals surface area contributed by atoms with Crippen LogP contribution in [0, 0.1) is 0 Å². The summed E-state index contributed by atoms with van der Waals surface area (Å²) < 4.78 is 11.2. The number of benzene rings is 1. The molecular formula is C12H18N2O3S. The largest absolute Gasteiger partial charge is 0.478 e. The molecule has 0 spiro atoms. The second kappa shape index (κ2) is 6.39. The maximum Gasteiger partial charge on any atom is 0.335 e. The van der Waals surface area contributed by atoms with E-state index in [4.69, 9.17) is 10.8 Å². The molecule has 6 heteroatoms. The van der Waals surface area contributed by atoms with Crippen molar-refractivity contribution in [1.82, 2.24) is 0 Å². The average Bonchev–Trinajstić information content (AvgIpc) is 2.30. The highest BCUT2D eigenvalue weighted by Gasteiger charge is 2.08. The van der Waals surface area contributed by atoms with E-state index in [0.717, 1.165) is 6.42 Å². The van der Waals surface area contributed by atoms with E-state index >= 15 is 0 Å². The molecule has 0 radical (unpaired) electrons. The summed E-state index contributed by atoms with van der Waals surface area (Å²) in [5.74, 6) is -0.985. The molecular weight excluding hydrogens is 252 g/mol. The summed E-state index contributed by atoms with van der Waals surface area (Å²) in [5, 5.41) is 12.0. The van der Waals surface area contributed by atoms with Gasteiger partial charge in [0.05, 0.1) is 16.9 Å². The van der Waals surface area contributed by atoms with Crippen molar-refractivity contribution in [3.8, 4) is 0 Å². The Morgan fingerprint density at radius 2 is 2.22 bits per heavy atom. The fourth-order valence-corrected chi connectivity index (χ4v) is 1.87. The molecule has 4 N–H and O–H groups in total. The van der Waals surface area contributed by atoms with Gasteiger partial charge < -0.3 is 16.2 Å². The summed E-state index contributed by atoms with van der Waals surface area (Å²) in [6.07, 6.45) is 2.41. The molecule has 100 valence electrons. The van der Waals surface area contributed by atoms with Gasteiger partial charge in [0.2, 0.25) is 0 Å². The quantitative estimate of drug-likeness (QED) is 0.682. The number of carboxylic acid groups (broad SMARTS) is 1. The summed E-state index contributed by atoms with van der Waals surface area (Å²) >= 11 is 0. The fourth-order valence-electron chi connectivity index (χ4n) is 1.42.